The van der Waals surface area contributed by atoms with E-state index in [-0.39, 0.29) is 26.4 Å². The van der Waals surface area contributed by atoms with Crippen LogP contribution in [0.5, 0.6) is 0 Å². The van der Waals surface area contributed by atoms with E-state index in [9.17, 15) is 14.4 Å². The topological polar surface area (TPSA) is 131 Å². The van der Waals surface area contributed by atoms with Crippen LogP contribution >= 0.6 is 0 Å². The van der Waals surface area contributed by atoms with E-state index in [0.29, 0.717) is 25.2 Å². The molecule has 1 saturated heterocycles. The second kappa shape index (κ2) is 21.9. The molecule has 268 valence electrons. The van der Waals surface area contributed by atoms with Crippen LogP contribution in [0.4, 0.5) is 13.6 Å². The number of carbonyl (C=O) groups excluding carboxylic acids is 3. The molecule has 47 heavy (non-hydrogen) atoms. The highest BCUT2D eigenvalue weighted by atomic mass is 19.3. The number of hydrogen-bond acceptors (Lipinski definition) is 9. The van der Waals surface area contributed by atoms with Crippen LogP contribution in [0.3, 0.4) is 0 Å². The van der Waals surface area contributed by atoms with E-state index in [4.69, 9.17) is 28.4 Å². The van der Waals surface area contributed by atoms with E-state index in [1.54, 1.807) is 30.3 Å². The average Bonchev–Trinajstić information content (AvgIpc) is 3.03. The zero-order valence-electron chi connectivity index (χ0n) is 28.5. The number of rotatable bonds is 22. The minimum atomic E-state index is -3.79. The Kier molecular flexibility index (Phi) is 18.8. The van der Waals surface area contributed by atoms with E-state index in [1.165, 1.54) is 13.8 Å². The molecular formula is C34H54F2N2O9. The molecule has 0 aromatic heterocycles. The quantitative estimate of drug-likeness (QED) is 0.124. The Morgan fingerprint density at radius 2 is 1.51 bits per heavy atom. The van der Waals surface area contributed by atoms with Gasteiger partial charge in [-0.1, -0.05) is 70.4 Å². The predicted octanol–water partition coefficient (Wildman–Crippen LogP) is 5.33. The van der Waals surface area contributed by atoms with E-state index in [2.05, 4.69) is 10.6 Å². The Morgan fingerprint density at radius 3 is 2.11 bits per heavy atom. The molecule has 0 spiro atoms. The number of ether oxygens (including phenoxy) is 6. The van der Waals surface area contributed by atoms with Crippen LogP contribution < -0.4 is 10.6 Å². The second-order valence-electron chi connectivity index (χ2n) is 11.6. The fraction of sp³-hybridized carbons (Fsp3) is 0.735. The van der Waals surface area contributed by atoms with Crippen LogP contribution in [-0.4, -0.2) is 93.4 Å². The highest BCUT2D eigenvalue weighted by Crippen LogP contribution is 2.38. The van der Waals surface area contributed by atoms with E-state index < -0.39 is 66.8 Å². The third-order valence-electron chi connectivity index (χ3n) is 7.57. The molecule has 0 saturated carbocycles. The van der Waals surface area contributed by atoms with Crippen LogP contribution in [0.25, 0.3) is 0 Å². The SMILES string of the molecule is CCCCOC[C@H]1O[C@H](C(F)(F)CC(NC(=O)OCc2ccccc2)C(=O)OCC)[C@H](NC(C)=O)[C@@H](OCCCC)[C@H]1OCCCC. The number of nitrogens with one attached hydrogen (secondary N) is 2. The van der Waals surface area contributed by atoms with Crippen LogP contribution in [0, 0.1) is 0 Å². The number of amides is 2. The zero-order valence-corrected chi connectivity index (χ0v) is 28.5. The summed E-state index contributed by atoms with van der Waals surface area (Å²) in [5.41, 5.74) is 0.673. The third kappa shape index (κ3) is 14.0. The van der Waals surface area contributed by atoms with Gasteiger partial charge in [-0.2, -0.15) is 0 Å². The molecule has 6 atom stereocenters. The molecule has 1 aromatic rings. The molecule has 2 N–H and O–H groups in total. The van der Waals surface area contributed by atoms with Gasteiger partial charge in [-0.15, -0.1) is 0 Å². The van der Waals surface area contributed by atoms with Gasteiger partial charge in [0.05, 0.1) is 19.3 Å². The minimum absolute atomic E-state index is 0.0465. The number of benzene rings is 1. The lowest BCUT2D eigenvalue weighted by molar-refractivity contribution is -0.271. The van der Waals surface area contributed by atoms with Crippen molar-refractivity contribution in [2.45, 2.75) is 129 Å². The van der Waals surface area contributed by atoms with Gasteiger partial charge in [0.15, 0.2) is 0 Å². The van der Waals surface area contributed by atoms with Crippen molar-refractivity contribution in [3.63, 3.8) is 0 Å². The number of esters is 1. The normalized spacial score (nSPS) is 21.9. The maximum Gasteiger partial charge on any atom is 0.408 e. The summed E-state index contributed by atoms with van der Waals surface area (Å²) in [6, 6.07) is 5.63. The van der Waals surface area contributed by atoms with Gasteiger partial charge in [-0.3, -0.25) is 4.79 Å². The van der Waals surface area contributed by atoms with Crippen LogP contribution in [0.1, 0.15) is 85.1 Å². The van der Waals surface area contributed by atoms with Crippen molar-refractivity contribution in [3.8, 4) is 0 Å². The first-order valence-corrected chi connectivity index (χ1v) is 16.8. The summed E-state index contributed by atoms with van der Waals surface area (Å²) in [5.74, 6) is -5.43. The van der Waals surface area contributed by atoms with Crippen molar-refractivity contribution >= 4 is 18.0 Å². The summed E-state index contributed by atoms with van der Waals surface area (Å²) in [6.45, 7) is 9.42. The summed E-state index contributed by atoms with van der Waals surface area (Å²) in [7, 11) is 0. The van der Waals surface area contributed by atoms with Crippen LogP contribution in [0.15, 0.2) is 30.3 Å². The zero-order chi connectivity index (χ0) is 34.7. The molecule has 0 aliphatic carbocycles. The second-order valence-corrected chi connectivity index (χ2v) is 11.6. The first-order chi connectivity index (χ1) is 22.6. The molecule has 2 rings (SSSR count). The number of hydrogen-bond donors (Lipinski definition) is 2. The number of unbranched alkanes of at least 4 members (excludes halogenated alkanes) is 3. The number of alkyl carbamates (subject to hydrolysis) is 1. The summed E-state index contributed by atoms with van der Waals surface area (Å²) in [4.78, 5) is 38.0. The van der Waals surface area contributed by atoms with E-state index in [1.807, 2.05) is 20.8 Å². The third-order valence-corrected chi connectivity index (χ3v) is 7.57. The lowest BCUT2D eigenvalue weighted by Gasteiger charge is -2.48. The molecule has 0 radical (unpaired) electrons. The molecule has 1 heterocycles. The first kappa shape index (κ1) is 40.3. The first-order valence-electron chi connectivity index (χ1n) is 16.8. The van der Waals surface area contributed by atoms with Gasteiger partial charge in [-0.05, 0) is 31.7 Å². The fourth-order valence-electron chi connectivity index (χ4n) is 5.13. The molecule has 2 amide bonds. The van der Waals surface area contributed by atoms with Gasteiger partial charge in [0, 0.05) is 33.2 Å². The van der Waals surface area contributed by atoms with Crippen molar-refractivity contribution in [2.75, 3.05) is 33.0 Å². The molecule has 1 unspecified atom stereocenters. The Bertz CT molecular complexity index is 1050. The molecular weight excluding hydrogens is 618 g/mol. The van der Waals surface area contributed by atoms with E-state index >= 15 is 8.78 Å². The molecule has 11 nitrogen and oxygen atoms in total. The van der Waals surface area contributed by atoms with Gasteiger partial charge in [0.1, 0.15) is 37.1 Å². The van der Waals surface area contributed by atoms with Crippen molar-refractivity contribution < 1.29 is 51.6 Å². The Labute approximate surface area is 277 Å². The maximum absolute atomic E-state index is 16.6. The number of halogens is 2. The van der Waals surface area contributed by atoms with Gasteiger partial charge in [0.25, 0.3) is 5.92 Å². The largest absolute Gasteiger partial charge is 0.464 e. The van der Waals surface area contributed by atoms with Crippen molar-refractivity contribution in [1.29, 1.82) is 0 Å². The summed E-state index contributed by atoms with van der Waals surface area (Å²) in [6.07, 6.45) is -2.37. The van der Waals surface area contributed by atoms with Gasteiger partial charge in [0.2, 0.25) is 5.91 Å². The Morgan fingerprint density at radius 1 is 0.894 bits per heavy atom. The predicted molar refractivity (Wildman–Crippen MR) is 171 cm³/mol. The molecule has 0 bridgehead atoms. The van der Waals surface area contributed by atoms with Crippen molar-refractivity contribution in [2.24, 2.45) is 0 Å². The molecule has 1 aliphatic rings. The standard InChI is InChI=1S/C34H54F2N2O9/c1-6-10-18-42-23-27-29(44-19-11-7-2)30(45-20-12-8-3)28(37-24(5)39)31(47-27)34(35,36)21-26(32(40)43-9-4)38-33(41)46-22-25-16-14-13-15-17-25/h13-17,26-31H,6-12,18-23H2,1-5H3,(H,37,39)(H,38,41)/t26?,27-,28-,29+,30-,31+/m1/s1. The van der Waals surface area contributed by atoms with Crippen LogP contribution in [-0.2, 0) is 44.6 Å². The number of carbonyl (C=O) groups is 3. The average molecular weight is 673 g/mol. The smallest absolute Gasteiger partial charge is 0.408 e. The molecule has 13 heteroatoms. The lowest BCUT2D eigenvalue weighted by Crippen LogP contribution is -2.69. The summed E-state index contributed by atoms with van der Waals surface area (Å²) < 4.78 is 67.7. The van der Waals surface area contributed by atoms with Crippen molar-refractivity contribution in [3.05, 3.63) is 35.9 Å². The molecule has 1 fully saturated rings. The number of alkyl halides is 2. The minimum Gasteiger partial charge on any atom is -0.464 e. The molecule has 1 aromatic carbocycles. The monoisotopic (exact) mass is 672 g/mol. The Balaban J connectivity index is 2.42. The highest BCUT2D eigenvalue weighted by molar-refractivity contribution is 5.81. The summed E-state index contributed by atoms with van der Waals surface area (Å²) in [5, 5.41) is 4.86. The van der Waals surface area contributed by atoms with E-state index in [0.717, 1.165) is 32.1 Å². The highest BCUT2D eigenvalue weighted by Gasteiger charge is 2.58. The van der Waals surface area contributed by atoms with Crippen LogP contribution in [0.2, 0.25) is 0 Å². The Hall–Kier alpha value is -2.87. The van der Waals surface area contributed by atoms with Gasteiger partial charge >= 0.3 is 12.1 Å². The van der Waals surface area contributed by atoms with Gasteiger partial charge < -0.3 is 39.1 Å². The fourth-order valence-corrected chi connectivity index (χ4v) is 5.13. The van der Waals surface area contributed by atoms with Crippen molar-refractivity contribution in [1.82, 2.24) is 10.6 Å². The lowest BCUT2D eigenvalue weighted by atomic mass is 9.87. The summed E-state index contributed by atoms with van der Waals surface area (Å²) >= 11 is 0. The molecule has 1 aliphatic heterocycles. The van der Waals surface area contributed by atoms with Gasteiger partial charge in [-0.25, -0.2) is 18.4 Å². The maximum atomic E-state index is 16.6.